The highest BCUT2D eigenvalue weighted by Crippen LogP contribution is 2.25. The number of ether oxygens (including phenoxy) is 1. The molecule has 1 aliphatic heterocycles. The number of hydrogen-bond donors (Lipinski definition) is 3. The molecule has 4 N–H and O–H groups in total. The molecule has 1 unspecified atom stereocenters. The van der Waals surface area contributed by atoms with Gasteiger partial charge in [-0.25, -0.2) is 17.9 Å². The number of carbonyl (C=O) groups is 1. The SMILES string of the molecule is CC1(CNS(=O)(=O)c2ccc(N)cc2C(=O)O)CCCO1. The maximum absolute atomic E-state index is 12.3. The Morgan fingerprint density at radius 2 is 2.24 bits per heavy atom. The molecule has 7 nitrogen and oxygen atoms in total. The van der Waals surface area contributed by atoms with E-state index in [2.05, 4.69) is 4.72 Å². The number of nitrogens with one attached hydrogen (secondary N) is 1. The Morgan fingerprint density at radius 3 is 2.81 bits per heavy atom. The molecule has 0 spiro atoms. The van der Waals surface area contributed by atoms with E-state index in [1.165, 1.54) is 12.1 Å². The van der Waals surface area contributed by atoms with Crippen molar-refractivity contribution in [1.82, 2.24) is 4.72 Å². The van der Waals surface area contributed by atoms with Crippen molar-refractivity contribution in [2.24, 2.45) is 0 Å². The molecule has 0 radical (unpaired) electrons. The van der Waals surface area contributed by atoms with Gasteiger partial charge in [0.05, 0.1) is 16.1 Å². The van der Waals surface area contributed by atoms with Gasteiger partial charge in [-0.1, -0.05) is 0 Å². The fourth-order valence-electron chi connectivity index (χ4n) is 2.25. The Morgan fingerprint density at radius 1 is 1.52 bits per heavy atom. The molecule has 0 aliphatic carbocycles. The summed E-state index contributed by atoms with van der Waals surface area (Å²) in [5, 5.41) is 9.11. The van der Waals surface area contributed by atoms with E-state index in [0.29, 0.717) is 6.61 Å². The monoisotopic (exact) mass is 314 g/mol. The average Bonchev–Trinajstić information content (AvgIpc) is 2.84. The molecule has 1 aliphatic rings. The normalized spacial score (nSPS) is 22.3. The standard InChI is InChI=1S/C13H18N2O5S/c1-13(5-2-6-20-13)8-15-21(18,19)11-4-3-9(14)7-10(11)12(16)17/h3-4,7,15H,2,5-6,8,14H2,1H3,(H,16,17). The number of hydrogen-bond acceptors (Lipinski definition) is 5. The zero-order chi connectivity index (χ0) is 15.7. The second kappa shape index (κ2) is 5.63. The van der Waals surface area contributed by atoms with E-state index in [-0.39, 0.29) is 22.7 Å². The van der Waals surface area contributed by atoms with E-state index in [1.54, 1.807) is 0 Å². The highest BCUT2D eigenvalue weighted by atomic mass is 32.2. The summed E-state index contributed by atoms with van der Waals surface area (Å²) >= 11 is 0. The molecule has 1 heterocycles. The lowest BCUT2D eigenvalue weighted by Crippen LogP contribution is -2.40. The van der Waals surface area contributed by atoms with Gasteiger partial charge in [-0.05, 0) is 38.0 Å². The van der Waals surface area contributed by atoms with Crippen LogP contribution >= 0.6 is 0 Å². The van der Waals surface area contributed by atoms with Crippen LogP contribution in [0.25, 0.3) is 0 Å². The lowest BCUT2D eigenvalue weighted by Gasteiger charge is -2.23. The maximum atomic E-state index is 12.3. The number of carboxylic acid groups (broad SMARTS) is 1. The summed E-state index contributed by atoms with van der Waals surface area (Å²) < 4.78 is 32.5. The molecular weight excluding hydrogens is 296 g/mol. The van der Waals surface area contributed by atoms with Crippen LogP contribution < -0.4 is 10.5 Å². The first-order chi connectivity index (χ1) is 9.73. The number of rotatable bonds is 5. The molecule has 8 heteroatoms. The predicted octanol–water partition coefficient (Wildman–Crippen LogP) is 0.814. The molecule has 21 heavy (non-hydrogen) atoms. The van der Waals surface area contributed by atoms with Gasteiger partial charge in [-0.3, -0.25) is 0 Å². The zero-order valence-corrected chi connectivity index (χ0v) is 12.4. The molecule has 0 aromatic heterocycles. The van der Waals surface area contributed by atoms with Gasteiger partial charge < -0.3 is 15.6 Å². The number of aromatic carboxylic acids is 1. The summed E-state index contributed by atoms with van der Waals surface area (Å²) in [6.45, 7) is 2.52. The molecule has 1 atom stereocenters. The number of anilines is 1. The Labute approximate surface area is 123 Å². The van der Waals surface area contributed by atoms with Crippen LogP contribution in [0.4, 0.5) is 5.69 Å². The third-order valence-electron chi connectivity index (χ3n) is 3.46. The number of nitrogen functional groups attached to an aromatic ring is 1. The fraction of sp³-hybridized carbons (Fsp3) is 0.462. The molecule has 0 amide bonds. The van der Waals surface area contributed by atoms with Gasteiger partial charge in [-0.15, -0.1) is 0 Å². The average molecular weight is 314 g/mol. The van der Waals surface area contributed by atoms with Gasteiger partial charge in [0.1, 0.15) is 0 Å². The second-order valence-electron chi connectivity index (χ2n) is 5.29. The van der Waals surface area contributed by atoms with Crippen molar-refractivity contribution >= 4 is 21.7 Å². The van der Waals surface area contributed by atoms with Crippen LogP contribution in [0.3, 0.4) is 0 Å². The van der Waals surface area contributed by atoms with Crippen molar-refractivity contribution in [2.75, 3.05) is 18.9 Å². The molecule has 1 aromatic rings. The van der Waals surface area contributed by atoms with Crippen molar-refractivity contribution in [3.05, 3.63) is 23.8 Å². The van der Waals surface area contributed by atoms with Crippen LogP contribution in [-0.4, -0.2) is 38.2 Å². The van der Waals surface area contributed by atoms with Gasteiger partial charge in [0.2, 0.25) is 10.0 Å². The van der Waals surface area contributed by atoms with Gasteiger partial charge in [0.25, 0.3) is 0 Å². The van der Waals surface area contributed by atoms with Crippen molar-refractivity contribution in [2.45, 2.75) is 30.3 Å². The molecule has 1 aromatic carbocycles. The van der Waals surface area contributed by atoms with Crippen LogP contribution in [0.2, 0.25) is 0 Å². The molecule has 1 fully saturated rings. The van der Waals surface area contributed by atoms with Crippen molar-refractivity contribution in [1.29, 1.82) is 0 Å². The van der Waals surface area contributed by atoms with Crippen molar-refractivity contribution < 1.29 is 23.1 Å². The van der Waals surface area contributed by atoms with Crippen LogP contribution in [0, 0.1) is 0 Å². The van der Waals surface area contributed by atoms with Crippen LogP contribution in [-0.2, 0) is 14.8 Å². The first kappa shape index (κ1) is 15.7. The first-order valence-electron chi connectivity index (χ1n) is 6.50. The molecule has 0 saturated carbocycles. The number of benzene rings is 1. The van der Waals surface area contributed by atoms with E-state index >= 15 is 0 Å². The highest BCUT2D eigenvalue weighted by molar-refractivity contribution is 7.89. The predicted molar refractivity (Wildman–Crippen MR) is 76.6 cm³/mol. The Hall–Kier alpha value is -1.64. The van der Waals surface area contributed by atoms with Crippen molar-refractivity contribution in [3.63, 3.8) is 0 Å². The van der Waals surface area contributed by atoms with Crippen LogP contribution in [0.1, 0.15) is 30.1 Å². The van der Waals surface area contributed by atoms with Gasteiger partial charge in [0.15, 0.2) is 0 Å². The third kappa shape index (κ3) is 3.52. The smallest absolute Gasteiger partial charge is 0.337 e. The number of sulfonamides is 1. The van der Waals surface area contributed by atoms with E-state index in [4.69, 9.17) is 15.6 Å². The maximum Gasteiger partial charge on any atom is 0.337 e. The summed E-state index contributed by atoms with van der Waals surface area (Å²) in [6.07, 6.45) is 1.63. The van der Waals surface area contributed by atoms with E-state index in [1.807, 2.05) is 6.92 Å². The quantitative estimate of drug-likeness (QED) is 0.692. The number of carboxylic acids is 1. The van der Waals surface area contributed by atoms with Gasteiger partial charge >= 0.3 is 5.97 Å². The zero-order valence-electron chi connectivity index (χ0n) is 11.6. The minimum atomic E-state index is -3.94. The lowest BCUT2D eigenvalue weighted by atomic mass is 10.0. The Bertz CT molecular complexity index is 651. The second-order valence-corrected chi connectivity index (χ2v) is 7.02. The summed E-state index contributed by atoms with van der Waals surface area (Å²) in [4.78, 5) is 10.9. The van der Waals surface area contributed by atoms with Gasteiger partial charge in [-0.2, -0.15) is 0 Å². The Kier molecular flexibility index (Phi) is 4.22. The summed E-state index contributed by atoms with van der Waals surface area (Å²) in [6, 6.07) is 3.68. The molecule has 0 bridgehead atoms. The minimum Gasteiger partial charge on any atom is -0.478 e. The molecule has 1 saturated heterocycles. The minimum absolute atomic E-state index is 0.0960. The molecular formula is C13H18N2O5S. The third-order valence-corrected chi connectivity index (χ3v) is 4.92. The van der Waals surface area contributed by atoms with E-state index < -0.39 is 21.6 Å². The topological polar surface area (TPSA) is 119 Å². The lowest BCUT2D eigenvalue weighted by molar-refractivity contribution is 0.0250. The van der Waals surface area contributed by atoms with E-state index in [0.717, 1.165) is 18.9 Å². The summed E-state index contributed by atoms with van der Waals surface area (Å²) in [7, 11) is -3.94. The van der Waals surface area contributed by atoms with Gasteiger partial charge in [0, 0.05) is 18.8 Å². The van der Waals surface area contributed by atoms with Crippen LogP contribution in [0.15, 0.2) is 23.1 Å². The fourth-order valence-corrected chi connectivity index (χ4v) is 3.58. The molecule has 116 valence electrons. The summed E-state index contributed by atoms with van der Waals surface area (Å²) in [5.41, 5.74) is 4.80. The van der Waals surface area contributed by atoms with E-state index in [9.17, 15) is 13.2 Å². The highest BCUT2D eigenvalue weighted by Gasteiger charge is 2.32. The van der Waals surface area contributed by atoms with Crippen LogP contribution in [0.5, 0.6) is 0 Å². The Balaban J connectivity index is 2.25. The molecule has 2 rings (SSSR count). The summed E-state index contributed by atoms with van der Waals surface area (Å²) in [5.74, 6) is -1.34. The van der Waals surface area contributed by atoms with Crippen molar-refractivity contribution in [3.8, 4) is 0 Å². The number of nitrogens with two attached hydrogens (primary N) is 1. The largest absolute Gasteiger partial charge is 0.478 e. The first-order valence-corrected chi connectivity index (χ1v) is 7.98.